The molecule has 122 valence electrons. The molecule has 0 aliphatic heterocycles. The maximum absolute atomic E-state index is 12.5. The van der Waals surface area contributed by atoms with E-state index < -0.39 is 0 Å². The molecule has 1 amide bonds. The zero-order valence-electron chi connectivity index (χ0n) is 14.2. The van der Waals surface area contributed by atoms with E-state index in [1.807, 2.05) is 56.3 Å². The van der Waals surface area contributed by atoms with Crippen molar-refractivity contribution in [1.29, 1.82) is 0 Å². The second kappa shape index (κ2) is 8.49. The Hall–Kier alpha value is -2.13. The molecule has 0 saturated heterocycles. The van der Waals surface area contributed by atoms with Gasteiger partial charge in [0.1, 0.15) is 0 Å². The molecule has 0 radical (unpaired) electrons. The molecule has 0 aliphatic rings. The highest BCUT2D eigenvalue weighted by Crippen LogP contribution is 2.19. The molecule has 2 aromatic carbocycles. The van der Waals surface area contributed by atoms with Gasteiger partial charge < -0.3 is 5.32 Å². The van der Waals surface area contributed by atoms with Crippen molar-refractivity contribution in [1.82, 2.24) is 5.32 Å². The van der Waals surface area contributed by atoms with E-state index in [9.17, 15) is 4.79 Å². The smallest absolute Gasteiger partial charge is 0.241 e. The maximum Gasteiger partial charge on any atom is 0.241 e. The van der Waals surface area contributed by atoms with Crippen molar-refractivity contribution in [3.8, 4) is 0 Å². The molecule has 2 atom stereocenters. The minimum atomic E-state index is -0.258. The van der Waals surface area contributed by atoms with Gasteiger partial charge >= 0.3 is 0 Å². The molecular formula is C20H26N2O. The molecule has 0 heterocycles. The molecule has 3 nitrogen and oxygen atoms in total. The third-order valence-electron chi connectivity index (χ3n) is 4.03. The largest absolute Gasteiger partial charge is 0.324 e. The predicted molar refractivity (Wildman–Crippen MR) is 96.5 cm³/mol. The predicted octanol–water partition coefficient (Wildman–Crippen LogP) is 4.45. The van der Waals surface area contributed by atoms with Crippen LogP contribution >= 0.6 is 0 Å². The molecule has 2 aromatic rings. The molecule has 23 heavy (non-hydrogen) atoms. The molecule has 0 fully saturated rings. The Morgan fingerprint density at radius 1 is 1.04 bits per heavy atom. The van der Waals surface area contributed by atoms with Gasteiger partial charge in [-0.15, -0.1) is 0 Å². The lowest BCUT2D eigenvalue weighted by Crippen LogP contribution is -2.40. The zero-order chi connectivity index (χ0) is 16.7. The molecular weight excluding hydrogens is 284 g/mol. The van der Waals surface area contributed by atoms with Crippen LogP contribution in [-0.2, 0) is 4.79 Å². The number of hydrogen-bond acceptors (Lipinski definition) is 2. The van der Waals surface area contributed by atoms with Crippen LogP contribution in [-0.4, -0.2) is 11.9 Å². The molecule has 2 N–H and O–H groups in total. The Bertz CT molecular complexity index is 625. The summed E-state index contributed by atoms with van der Waals surface area (Å²) in [5.74, 6) is -0.00339. The van der Waals surface area contributed by atoms with E-state index in [0.717, 1.165) is 24.1 Å². The van der Waals surface area contributed by atoms with Crippen molar-refractivity contribution in [2.45, 2.75) is 45.7 Å². The maximum atomic E-state index is 12.5. The van der Waals surface area contributed by atoms with Gasteiger partial charge in [-0.2, -0.15) is 0 Å². The van der Waals surface area contributed by atoms with Crippen molar-refractivity contribution in [3.63, 3.8) is 0 Å². The summed E-state index contributed by atoms with van der Waals surface area (Å²) in [5, 5.41) is 6.47. The van der Waals surface area contributed by atoms with E-state index in [2.05, 4.69) is 29.7 Å². The Labute approximate surface area is 139 Å². The molecule has 0 aromatic heterocycles. The Morgan fingerprint density at radius 2 is 1.70 bits per heavy atom. The molecule has 0 aliphatic carbocycles. The summed E-state index contributed by atoms with van der Waals surface area (Å²) in [6, 6.07) is 18.1. The lowest BCUT2D eigenvalue weighted by atomic mass is 10.0. The number of para-hydroxylation sites is 1. The van der Waals surface area contributed by atoms with Crippen molar-refractivity contribution >= 4 is 11.6 Å². The van der Waals surface area contributed by atoms with Gasteiger partial charge in [0.2, 0.25) is 5.91 Å². The second-order valence-corrected chi connectivity index (χ2v) is 5.94. The lowest BCUT2D eigenvalue weighted by molar-refractivity contribution is -0.118. The highest BCUT2D eigenvalue weighted by molar-refractivity contribution is 5.95. The number of carbonyl (C=O) groups excluding carboxylic acids is 1. The second-order valence-electron chi connectivity index (χ2n) is 5.94. The van der Waals surface area contributed by atoms with Crippen LogP contribution in [0.5, 0.6) is 0 Å². The first-order valence-electron chi connectivity index (χ1n) is 8.29. The van der Waals surface area contributed by atoms with Crippen molar-refractivity contribution in [3.05, 3.63) is 65.7 Å². The number of aryl methyl sites for hydroxylation is 1. The van der Waals surface area contributed by atoms with E-state index in [1.165, 1.54) is 5.56 Å². The SMILES string of the molecule is CCC[C@@H](N[C@H](C)C(=O)Nc1ccccc1C)c1ccccc1. The van der Waals surface area contributed by atoms with Crippen molar-refractivity contribution in [2.24, 2.45) is 0 Å². The molecule has 0 saturated carbocycles. The number of anilines is 1. The molecule has 2 rings (SSSR count). The highest BCUT2D eigenvalue weighted by Gasteiger charge is 2.19. The normalized spacial score (nSPS) is 13.3. The number of benzene rings is 2. The standard InChI is InChI=1S/C20H26N2O/c1-4-10-19(17-12-6-5-7-13-17)21-16(3)20(23)22-18-14-9-8-11-15(18)2/h5-9,11-14,16,19,21H,4,10H2,1-3H3,(H,22,23)/t16-,19-/m1/s1. The summed E-state index contributed by atoms with van der Waals surface area (Å²) in [6.45, 7) is 6.08. The number of hydrogen-bond donors (Lipinski definition) is 2. The fraction of sp³-hybridized carbons (Fsp3) is 0.350. The monoisotopic (exact) mass is 310 g/mol. The fourth-order valence-electron chi connectivity index (χ4n) is 2.65. The molecule has 0 unspecified atom stereocenters. The molecule has 0 bridgehead atoms. The summed E-state index contributed by atoms with van der Waals surface area (Å²) in [7, 11) is 0. The summed E-state index contributed by atoms with van der Waals surface area (Å²) in [4.78, 5) is 12.5. The number of nitrogens with one attached hydrogen (secondary N) is 2. The summed E-state index contributed by atoms with van der Waals surface area (Å²) >= 11 is 0. The van der Waals surface area contributed by atoms with E-state index >= 15 is 0 Å². The molecule has 0 spiro atoms. The van der Waals surface area contributed by atoms with Gasteiger partial charge in [-0.3, -0.25) is 10.1 Å². The van der Waals surface area contributed by atoms with E-state index in [1.54, 1.807) is 0 Å². The first-order valence-corrected chi connectivity index (χ1v) is 8.29. The van der Waals surface area contributed by atoms with Gasteiger partial charge in [0.15, 0.2) is 0 Å². The van der Waals surface area contributed by atoms with Gasteiger partial charge in [-0.25, -0.2) is 0 Å². The Kier molecular flexibility index (Phi) is 6.36. The van der Waals surface area contributed by atoms with Gasteiger partial charge in [-0.05, 0) is 37.5 Å². The minimum absolute atomic E-state index is 0.00339. The van der Waals surface area contributed by atoms with Crippen LogP contribution in [0.1, 0.15) is 43.9 Å². The lowest BCUT2D eigenvalue weighted by Gasteiger charge is -2.23. The van der Waals surface area contributed by atoms with Crippen LogP contribution in [0.4, 0.5) is 5.69 Å². The quantitative estimate of drug-likeness (QED) is 0.793. The first-order chi connectivity index (χ1) is 11.1. The Morgan fingerprint density at radius 3 is 2.35 bits per heavy atom. The minimum Gasteiger partial charge on any atom is -0.324 e. The zero-order valence-corrected chi connectivity index (χ0v) is 14.2. The van der Waals surface area contributed by atoms with Gasteiger partial charge in [0.05, 0.1) is 6.04 Å². The van der Waals surface area contributed by atoms with Crippen LogP contribution in [0.25, 0.3) is 0 Å². The average Bonchev–Trinajstić information content (AvgIpc) is 2.57. The van der Waals surface area contributed by atoms with Crippen molar-refractivity contribution in [2.75, 3.05) is 5.32 Å². The molecule has 3 heteroatoms. The number of amides is 1. The average molecular weight is 310 g/mol. The van der Waals surface area contributed by atoms with Crippen LogP contribution in [0.15, 0.2) is 54.6 Å². The van der Waals surface area contributed by atoms with Crippen LogP contribution in [0.2, 0.25) is 0 Å². The highest BCUT2D eigenvalue weighted by atomic mass is 16.2. The van der Waals surface area contributed by atoms with Crippen molar-refractivity contribution < 1.29 is 4.79 Å². The van der Waals surface area contributed by atoms with E-state index in [-0.39, 0.29) is 18.0 Å². The third-order valence-corrected chi connectivity index (χ3v) is 4.03. The van der Waals surface area contributed by atoms with Crippen LogP contribution in [0, 0.1) is 6.92 Å². The van der Waals surface area contributed by atoms with Crippen LogP contribution in [0.3, 0.4) is 0 Å². The third kappa shape index (κ3) is 4.93. The first kappa shape index (κ1) is 17.2. The van der Waals surface area contributed by atoms with Gasteiger partial charge in [-0.1, -0.05) is 61.9 Å². The van der Waals surface area contributed by atoms with Gasteiger partial charge in [0.25, 0.3) is 0 Å². The number of rotatable bonds is 7. The summed E-state index contributed by atoms with van der Waals surface area (Å²) in [6.07, 6.45) is 2.07. The Balaban J connectivity index is 2.02. The summed E-state index contributed by atoms with van der Waals surface area (Å²) in [5.41, 5.74) is 3.17. The fourth-order valence-corrected chi connectivity index (χ4v) is 2.65. The summed E-state index contributed by atoms with van der Waals surface area (Å²) < 4.78 is 0. The van der Waals surface area contributed by atoms with E-state index in [4.69, 9.17) is 0 Å². The number of carbonyl (C=O) groups is 1. The van der Waals surface area contributed by atoms with E-state index in [0.29, 0.717) is 0 Å². The van der Waals surface area contributed by atoms with Gasteiger partial charge in [0, 0.05) is 11.7 Å². The topological polar surface area (TPSA) is 41.1 Å². The van der Waals surface area contributed by atoms with Crippen LogP contribution < -0.4 is 10.6 Å².